The Labute approximate surface area is 182 Å². The first-order valence-corrected chi connectivity index (χ1v) is 10.5. The second-order valence-corrected chi connectivity index (χ2v) is 7.54. The minimum Gasteiger partial charge on any atom is -0.368 e. The van der Waals surface area contributed by atoms with E-state index >= 15 is 0 Å². The lowest BCUT2D eigenvalue weighted by atomic mass is 10.0. The van der Waals surface area contributed by atoms with Crippen LogP contribution < -0.4 is 0 Å². The Morgan fingerprint density at radius 3 is 1.52 bits per heavy atom. The molecular weight excluding hydrogens is 395 g/mol. The summed E-state index contributed by atoms with van der Waals surface area (Å²) in [6, 6.07) is 29.4. The van der Waals surface area contributed by atoms with Gasteiger partial charge >= 0.3 is 0 Å². The molecule has 1 saturated heterocycles. The molecule has 0 amide bonds. The summed E-state index contributed by atoms with van der Waals surface area (Å²) in [6.07, 6.45) is -3.52. The zero-order valence-electron chi connectivity index (χ0n) is 17.3. The van der Waals surface area contributed by atoms with E-state index in [9.17, 15) is 4.39 Å². The van der Waals surface area contributed by atoms with E-state index in [4.69, 9.17) is 18.9 Å². The quantitative estimate of drug-likeness (QED) is 0.483. The van der Waals surface area contributed by atoms with Gasteiger partial charge in [-0.15, -0.1) is 0 Å². The van der Waals surface area contributed by atoms with Gasteiger partial charge in [0, 0.05) is 0 Å². The first-order chi connectivity index (χ1) is 15.3. The van der Waals surface area contributed by atoms with Crippen molar-refractivity contribution in [3.8, 4) is 0 Å². The number of halogens is 1. The van der Waals surface area contributed by atoms with Crippen LogP contribution in [0.2, 0.25) is 0 Å². The van der Waals surface area contributed by atoms with Gasteiger partial charge in [0.25, 0.3) is 0 Å². The van der Waals surface area contributed by atoms with Gasteiger partial charge in [0.2, 0.25) is 6.36 Å². The average molecular weight is 422 g/mol. The normalized spacial score (nSPS) is 23.5. The molecule has 0 N–H and O–H groups in total. The second kappa shape index (κ2) is 11.2. The average Bonchev–Trinajstić information content (AvgIpc) is 2.83. The van der Waals surface area contributed by atoms with Gasteiger partial charge in [-0.1, -0.05) is 91.0 Å². The summed E-state index contributed by atoms with van der Waals surface area (Å²) in [5.74, 6) is 0. The molecule has 0 bridgehead atoms. The monoisotopic (exact) mass is 422 g/mol. The molecular formula is C26H27FO4. The molecule has 0 spiro atoms. The fraction of sp³-hybridized carbons (Fsp3) is 0.308. The molecule has 3 aromatic carbocycles. The lowest BCUT2D eigenvalue weighted by molar-refractivity contribution is -0.266. The molecule has 3 aromatic rings. The number of hydrogen-bond donors (Lipinski definition) is 0. The summed E-state index contributed by atoms with van der Waals surface area (Å²) in [4.78, 5) is 0. The van der Waals surface area contributed by atoms with Crippen LogP contribution in [0.3, 0.4) is 0 Å². The van der Waals surface area contributed by atoms with Crippen molar-refractivity contribution in [1.29, 1.82) is 0 Å². The van der Waals surface area contributed by atoms with Gasteiger partial charge < -0.3 is 18.9 Å². The van der Waals surface area contributed by atoms with Crippen molar-refractivity contribution in [3.63, 3.8) is 0 Å². The fourth-order valence-corrected chi connectivity index (χ4v) is 3.56. The van der Waals surface area contributed by atoms with E-state index < -0.39 is 24.7 Å². The summed E-state index contributed by atoms with van der Waals surface area (Å²) in [5, 5.41) is 0. The molecule has 4 rings (SSSR count). The highest BCUT2D eigenvalue weighted by atomic mass is 19.1. The molecule has 5 heteroatoms. The van der Waals surface area contributed by atoms with Crippen LogP contribution in [0.5, 0.6) is 0 Å². The lowest BCUT2D eigenvalue weighted by Gasteiger charge is -2.39. The molecule has 31 heavy (non-hydrogen) atoms. The topological polar surface area (TPSA) is 36.9 Å². The predicted octanol–water partition coefficient (Wildman–Crippen LogP) is 5.07. The minimum atomic E-state index is -1.58. The molecule has 1 aliphatic rings. The molecule has 4 atom stereocenters. The molecule has 162 valence electrons. The zero-order chi connectivity index (χ0) is 21.3. The van der Waals surface area contributed by atoms with Crippen LogP contribution in [-0.2, 0) is 38.8 Å². The number of benzene rings is 3. The highest BCUT2D eigenvalue weighted by Gasteiger charge is 2.43. The summed E-state index contributed by atoms with van der Waals surface area (Å²) in [5.41, 5.74) is 3.00. The maximum Gasteiger partial charge on any atom is 0.228 e. The summed E-state index contributed by atoms with van der Waals surface area (Å²) in [6.45, 7) is 1.11. The first-order valence-electron chi connectivity index (χ1n) is 10.5. The smallest absolute Gasteiger partial charge is 0.228 e. The van der Waals surface area contributed by atoms with Crippen molar-refractivity contribution in [2.45, 2.75) is 44.5 Å². The van der Waals surface area contributed by atoms with Gasteiger partial charge in [-0.05, 0) is 16.7 Å². The summed E-state index contributed by atoms with van der Waals surface area (Å²) < 4.78 is 38.4. The Balaban J connectivity index is 1.46. The Kier molecular flexibility index (Phi) is 7.80. The van der Waals surface area contributed by atoms with Crippen molar-refractivity contribution in [3.05, 3.63) is 108 Å². The van der Waals surface area contributed by atoms with Crippen LogP contribution in [-0.4, -0.2) is 31.3 Å². The van der Waals surface area contributed by atoms with Gasteiger partial charge in [0.1, 0.15) is 18.3 Å². The molecule has 1 unspecified atom stereocenters. The predicted molar refractivity (Wildman–Crippen MR) is 116 cm³/mol. The Morgan fingerprint density at radius 2 is 1.03 bits per heavy atom. The lowest BCUT2D eigenvalue weighted by Crippen LogP contribution is -2.54. The molecule has 1 heterocycles. The third kappa shape index (κ3) is 6.21. The highest BCUT2D eigenvalue weighted by Crippen LogP contribution is 2.27. The van der Waals surface area contributed by atoms with E-state index in [-0.39, 0.29) is 13.2 Å². The van der Waals surface area contributed by atoms with Gasteiger partial charge in [0.05, 0.1) is 26.4 Å². The van der Waals surface area contributed by atoms with E-state index in [0.29, 0.717) is 13.2 Å². The summed E-state index contributed by atoms with van der Waals surface area (Å²) >= 11 is 0. The third-order valence-corrected chi connectivity index (χ3v) is 5.25. The molecule has 0 aromatic heterocycles. The van der Waals surface area contributed by atoms with Crippen LogP contribution in [0, 0.1) is 0 Å². The van der Waals surface area contributed by atoms with Gasteiger partial charge in [-0.3, -0.25) is 0 Å². The van der Waals surface area contributed by atoms with Gasteiger partial charge in [0.15, 0.2) is 0 Å². The van der Waals surface area contributed by atoms with E-state index in [1.165, 1.54) is 0 Å². The van der Waals surface area contributed by atoms with Crippen molar-refractivity contribution in [1.82, 2.24) is 0 Å². The number of rotatable bonds is 9. The molecule has 1 aliphatic heterocycles. The van der Waals surface area contributed by atoms with Crippen LogP contribution in [0.25, 0.3) is 0 Å². The molecule has 1 fully saturated rings. The molecule has 0 radical (unpaired) electrons. The highest BCUT2D eigenvalue weighted by molar-refractivity contribution is 5.15. The minimum absolute atomic E-state index is 0.110. The van der Waals surface area contributed by atoms with E-state index in [0.717, 1.165) is 16.7 Å². The van der Waals surface area contributed by atoms with Crippen molar-refractivity contribution in [2.24, 2.45) is 0 Å². The Hall–Kier alpha value is -2.57. The van der Waals surface area contributed by atoms with Crippen LogP contribution in [0.15, 0.2) is 91.0 Å². The number of hydrogen-bond acceptors (Lipinski definition) is 4. The van der Waals surface area contributed by atoms with Crippen molar-refractivity contribution >= 4 is 0 Å². The van der Waals surface area contributed by atoms with E-state index in [1.54, 1.807) is 0 Å². The van der Waals surface area contributed by atoms with E-state index in [1.807, 2.05) is 91.0 Å². The number of alkyl halides is 1. The maximum atomic E-state index is 14.8. The molecule has 0 aliphatic carbocycles. The van der Waals surface area contributed by atoms with E-state index in [2.05, 4.69) is 0 Å². The summed E-state index contributed by atoms with van der Waals surface area (Å²) in [7, 11) is 0. The maximum absolute atomic E-state index is 14.8. The van der Waals surface area contributed by atoms with Crippen molar-refractivity contribution < 1.29 is 23.3 Å². The SMILES string of the molecule is FC1OC[C@@H](OCc2ccccc2)[C@H](OCc2ccccc2)[C@H]1OCc1ccccc1. The van der Waals surface area contributed by atoms with Crippen molar-refractivity contribution in [2.75, 3.05) is 6.61 Å². The zero-order valence-corrected chi connectivity index (χ0v) is 17.3. The second-order valence-electron chi connectivity index (χ2n) is 7.54. The molecule has 4 nitrogen and oxygen atoms in total. The largest absolute Gasteiger partial charge is 0.368 e. The fourth-order valence-electron chi connectivity index (χ4n) is 3.56. The van der Waals surface area contributed by atoms with Crippen LogP contribution in [0.1, 0.15) is 16.7 Å². The third-order valence-electron chi connectivity index (χ3n) is 5.25. The Morgan fingerprint density at radius 1 is 0.613 bits per heavy atom. The van der Waals surface area contributed by atoms with Crippen LogP contribution in [0.4, 0.5) is 4.39 Å². The number of ether oxygens (including phenoxy) is 4. The van der Waals surface area contributed by atoms with Gasteiger partial charge in [-0.25, -0.2) is 4.39 Å². The standard InChI is InChI=1S/C26H27FO4/c27-26-25(30-18-22-14-8-3-9-15-22)24(29-17-21-12-6-2-7-13-21)23(19-31-26)28-16-20-10-4-1-5-11-20/h1-15,23-26H,16-19H2/t23-,24+,25-,26?/m1/s1. The molecule has 0 saturated carbocycles. The van der Waals surface area contributed by atoms with Crippen LogP contribution >= 0.6 is 0 Å². The van der Waals surface area contributed by atoms with Gasteiger partial charge in [-0.2, -0.15) is 0 Å². The first kappa shape index (κ1) is 21.7. The Bertz CT molecular complexity index is 891.